The molecule has 1 heterocycles. The number of halogens is 4. The average Bonchev–Trinajstić information content (AvgIpc) is 2.76. The average molecular weight is 336 g/mol. The molecule has 7 heteroatoms. The fraction of sp³-hybridized carbons (Fsp3) is 0.250. The highest BCUT2D eigenvalue weighted by molar-refractivity contribution is 9.10. The molecule has 0 bridgehead atoms. The van der Waals surface area contributed by atoms with Crippen molar-refractivity contribution in [3.05, 3.63) is 40.1 Å². The third-order valence-corrected chi connectivity index (χ3v) is 2.92. The molecule has 19 heavy (non-hydrogen) atoms. The van der Waals surface area contributed by atoms with Crippen molar-refractivity contribution in [2.75, 3.05) is 0 Å². The van der Waals surface area contributed by atoms with E-state index in [4.69, 9.17) is 4.52 Å². The maximum Gasteiger partial charge on any atom is 0.416 e. The van der Waals surface area contributed by atoms with Gasteiger partial charge in [0.25, 0.3) is 0 Å². The Balaban J connectivity index is 2.47. The first kappa shape index (κ1) is 14.1. The maximum absolute atomic E-state index is 12.7. The van der Waals surface area contributed by atoms with Crippen LogP contribution in [0, 0.1) is 0 Å². The normalized spacial score (nSPS) is 13.6. The molecule has 0 saturated carbocycles. The van der Waals surface area contributed by atoms with Crippen molar-refractivity contribution in [3.8, 4) is 11.3 Å². The zero-order valence-electron chi connectivity index (χ0n) is 9.70. The Morgan fingerprint density at radius 3 is 2.47 bits per heavy atom. The largest absolute Gasteiger partial charge is 0.416 e. The molecular formula is C12H9BrF3NO2. The minimum absolute atomic E-state index is 0.198. The Morgan fingerprint density at radius 2 is 1.95 bits per heavy atom. The highest BCUT2D eigenvalue weighted by Crippen LogP contribution is 2.35. The molecule has 1 atom stereocenters. The first-order valence-electron chi connectivity index (χ1n) is 5.30. The summed E-state index contributed by atoms with van der Waals surface area (Å²) in [5.74, 6) is 0.198. The van der Waals surface area contributed by atoms with Gasteiger partial charge in [0.15, 0.2) is 5.76 Å². The molecule has 0 saturated heterocycles. The Hall–Kier alpha value is -1.34. The minimum atomic E-state index is -4.44. The predicted molar refractivity (Wildman–Crippen MR) is 65.3 cm³/mol. The molecular weight excluding hydrogens is 327 g/mol. The number of alkyl halides is 3. The second kappa shape index (κ2) is 4.97. The van der Waals surface area contributed by atoms with Crippen molar-refractivity contribution < 1.29 is 22.8 Å². The summed E-state index contributed by atoms with van der Waals surface area (Å²) in [5.41, 5.74) is -0.279. The van der Waals surface area contributed by atoms with Crippen LogP contribution in [0.5, 0.6) is 0 Å². The molecule has 3 nitrogen and oxygen atoms in total. The van der Waals surface area contributed by atoms with Crippen LogP contribution >= 0.6 is 15.9 Å². The van der Waals surface area contributed by atoms with Gasteiger partial charge >= 0.3 is 6.18 Å². The summed E-state index contributed by atoms with van der Waals surface area (Å²) in [7, 11) is 0. The fourth-order valence-corrected chi connectivity index (χ4v) is 2.02. The first-order valence-corrected chi connectivity index (χ1v) is 6.09. The van der Waals surface area contributed by atoms with E-state index in [0.717, 1.165) is 12.1 Å². The van der Waals surface area contributed by atoms with Gasteiger partial charge in [0.2, 0.25) is 0 Å². The van der Waals surface area contributed by atoms with Crippen LogP contribution in [0.3, 0.4) is 0 Å². The Labute approximate surface area is 115 Å². The molecule has 1 unspecified atom stereocenters. The van der Waals surface area contributed by atoms with Crippen LogP contribution in [0.1, 0.15) is 24.4 Å². The minimum Gasteiger partial charge on any atom is -0.385 e. The van der Waals surface area contributed by atoms with Gasteiger partial charge in [-0.05, 0) is 25.1 Å². The number of hydrogen-bond acceptors (Lipinski definition) is 3. The van der Waals surface area contributed by atoms with Gasteiger partial charge in [-0.3, -0.25) is 0 Å². The molecule has 0 aliphatic rings. The van der Waals surface area contributed by atoms with Crippen LogP contribution in [0.4, 0.5) is 13.2 Å². The number of aliphatic hydroxyl groups excluding tert-OH is 1. The number of hydrogen-bond donors (Lipinski definition) is 1. The molecule has 0 aliphatic heterocycles. The summed E-state index contributed by atoms with van der Waals surface area (Å²) in [6.07, 6.45) is -5.30. The lowest BCUT2D eigenvalue weighted by Gasteiger charge is -2.08. The van der Waals surface area contributed by atoms with E-state index in [1.807, 2.05) is 0 Å². The molecule has 1 aromatic carbocycles. The molecule has 0 fully saturated rings. The number of aliphatic hydroxyl groups is 1. The summed E-state index contributed by atoms with van der Waals surface area (Å²) in [6.45, 7) is 1.48. The Bertz CT molecular complexity index is 593. The zero-order valence-corrected chi connectivity index (χ0v) is 11.3. The van der Waals surface area contributed by atoms with E-state index >= 15 is 0 Å². The standard InChI is InChI=1S/C12H9BrF3NO2/c1-6(18)11-5-10(17-19-11)7-2-8(12(14,15)16)4-9(13)3-7/h2-6,18H,1H3. The SMILES string of the molecule is CC(O)c1cc(-c2cc(Br)cc(C(F)(F)F)c2)no1. The highest BCUT2D eigenvalue weighted by atomic mass is 79.9. The fourth-order valence-electron chi connectivity index (χ4n) is 1.52. The summed E-state index contributed by atoms with van der Waals surface area (Å²) in [5, 5.41) is 12.9. The quantitative estimate of drug-likeness (QED) is 0.895. The van der Waals surface area contributed by atoms with Crippen LogP contribution in [0.15, 0.2) is 33.3 Å². The third kappa shape index (κ3) is 3.16. The van der Waals surface area contributed by atoms with Crippen molar-refractivity contribution >= 4 is 15.9 Å². The van der Waals surface area contributed by atoms with E-state index in [1.54, 1.807) is 0 Å². The summed E-state index contributed by atoms with van der Waals surface area (Å²) >= 11 is 3.03. The van der Waals surface area contributed by atoms with Crippen LogP contribution in [0.2, 0.25) is 0 Å². The molecule has 2 aromatic rings. The predicted octanol–water partition coefficient (Wildman–Crippen LogP) is 4.18. The number of aromatic nitrogens is 1. The molecule has 0 aliphatic carbocycles. The van der Waals surface area contributed by atoms with Crippen LogP contribution < -0.4 is 0 Å². The topological polar surface area (TPSA) is 46.3 Å². The summed E-state index contributed by atoms with van der Waals surface area (Å²) < 4.78 is 43.2. The molecule has 0 amide bonds. The van der Waals surface area contributed by atoms with E-state index in [2.05, 4.69) is 21.1 Å². The number of benzene rings is 1. The van der Waals surface area contributed by atoms with E-state index in [0.29, 0.717) is 4.47 Å². The van der Waals surface area contributed by atoms with Gasteiger partial charge in [0.05, 0.1) is 5.56 Å². The van der Waals surface area contributed by atoms with Crippen molar-refractivity contribution in [3.63, 3.8) is 0 Å². The van der Waals surface area contributed by atoms with Gasteiger partial charge in [-0.1, -0.05) is 21.1 Å². The lowest BCUT2D eigenvalue weighted by molar-refractivity contribution is -0.137. The Morgan fingerprint density at radius 1 is 1.26 bits per heavy atom. The molecule has 0 spiro atoms. The van der Waals surface area contributed by atoms with E-state index in [-0.39, 0.29) is 17.0 Å². The summed E-state index contributed by atoms with van der Waals surface area (Å²) in [4.78, 5) is 0. The molecule has 2 rings (SSSR count). The van der Waals surface area contributed by atoms with Crippen molar-refractivity contribution in [1.82, 2.24) is 5.16 Å². The second-order valence-electron chi connectivity index (χ2n) is 4.02. The Kier molecular flexibility index (Phi) is 3.69. The van der Waals surface area contributed by atoms with Gasteiger partial charge in [0, 0.05) is 16.1 Å². The first-order chi connectivity index (χ1) is 8.77. The van der Waals surface area contributed by atoms with E-state index in [9.17, 15) is 18.3 Å². The van der Waals surface area contributed by atoms with Crippen molar-refractivity contribution in [2.45, 2.75) is 19.2 Å². The summed E-state index contributed by atoms with van der Waals surface area (Å²) in [6, 6.07) is 4.87. The number of rotatable bonds is 2. The monoisotopic (exact) mass is 335 g/mol. The lowest BCUT2D eigenvalue weighted by atomic mass is 10.1. The van der Waals surface area contributed by atoms with Gasteiger partial charge in [0.1, 0.15) is 11.8 Å². The van der Waals surface area contributed by atoms with Gasteiger partial charge in [-0.25, -0.2) is 0 Å². The van der Waals surface area contributed by atoms with Crippen LogP contribution in [-0.2, 0) is 6.18 Å². The number of nitrogens with zero attached hydrogens (tertiary/aromatic N) is 1. The lowest BCUT2D eigenvalue weighted by Crippen LogP contribution is -2.04. The van der Waals surface area contributed by atoms with Gasteiger partial charge in [-0.15, -0.1) is 0 Å². The van der Waals surface area contributed by atoms with Crippen molar-refractivity contribution in [1.29, 1.82) is 0 Å². The van der Waals surface area contributed by atoms with Crippen molar-refractivity contribution in [2.24, 2.45) is 0 Å². The molecule has 0 radical (unpaired) electrons. The third-order valence-electron chi connectivity index (χ3n) is 2.46. The van der Waals surface area contributed by atoms with Crippen LogP contribution in [0.25, 0.3) is 11.3 Å². The molecule has 102 valence electrons. The molecule has 1 aromatic heterocycles. The van der Waals surface area contributed by atoms with E-state index < -0.39 is 17.8 Å². The maximum atomic E-state index is 12.7. The second-order valence-corrected chi connectivity index (χ2v) is 4.93. The van der Waals surface area contributed by atoms with Crippen LogP contribution in [-0.4, -0.2) is 10.3 Å². The molecule has 1 N–H and O–H groups in total. The highest BCUT2D eigenvalue weighted by Gasteiger charge is 2.31. The van der Waals surface area contributed by atoms with Gasteiger partial charge < -0.3 is 9.63 Å². The zero-order chi connectivity index (χ0) is 14.2. The smallest absolute Gasteiger partial charge is 0.385 e. The van der Waals surface area contributed by atoms with E-state index in [1.165, 1.54) is 19.1 Å². The van der Waals surface area contributed by atoms with Gasteiger partial charge in [-0.2, -0.15) is 13.2 Å².